The smallest absolute Gasteiger partial charge is 0.240 e. The largest absolute Gasteiger partial charge is 0.352 e. The average molecular weight is 350 g/mol. The Bertz CT molecular complexity index is 788. The summed E-state index contributed by atoms with van der Waals surface area (Å²) in [6, 6.07) is 12.3. The van der Waals surface area contributed by atoms with Crippen LogP contribution in [0.3, 0.4) is 0 Å². The van der Waals surface area contributed by atoms with E-state index in [0.717, 1.165) is 11.1 Å². The molecule has 0 aromatic heterocycles. The fraction of sp³-hybridized carbons (Fsp3) is 0.235. The first-order chi connectivity index (χ1) is 11.4. The van der Waals surface area contributed by atoms with Crippen molar-refractivity contribution in [3.63, 3.8) is 0 Å². The molecule has 0 bridgehead atoms. The Morgan fingerprint density at radius 3 is 2.17 bits per heavy atom. The number of hydrogen-bond acceptors (Lipinski definition) is 3. The number of rotatable bonds is 7. The maximum absolute atomic E-state index is 12.8. The van der Waals surface area contributed by atoms with E-state index >= 15 is 0 Å². The Morgan fingerprint density at radius 1 is 1.00 bits per heavy atom. The van der Waals surface area contributed by atoms with Gasteiger partial charge in [-0.05, 0) is 48.9 Å². The Hall–Kier alpha value is -2.25. The highest BCUT2D eigenvalue weighted by molar-refractivity contribution is 7.89. The van der Waals surface area contributed by atoms with Gasteiger partial charge in [0.2, 0.25) is 15.9 Å². The Balaban J connectivity index is 1.82. The number of hydrogen-bond donors (Lipinski definition) is 2. The van der Waals surface area contributed by atoms with E-state index in [4.69, 9.17) is 0 Å². The molecule has 0 fully saturated rings. The summed E-state index contributed by atoms with van der Waals surface area (Å²) in [6.07, 6.45) is 0.800. The van der Waals surface area contributed by atoms with Gasteiger partial charge in [-0.15, -0.1) is 0 Å². The minimum atomic E-state index is -3.44. The van der Waals surface area contributed by atoms with E-state index in [1.165, 1.54) is 31.3 Å². The highest BCUT2D eigenvalue weighted by Crippen LogP contribution is 2.11. The summed E-state index contributed by atoms with van der Waals surface area (Å²) in [7, 11) is -2.09. The van der Waals surface area contributed by atoms with Gasteiger partial charge in [-0.25, -0.2) is 17.5 Å². The van der Waals surface area contributed by atoms with E-state index in [1.807, 2.05) is 0 Å². The Kier molecular flexibility index (Phi) is 6.05. The first-order valence-corrected chi connectivity index (χ1v) is 8.92. The fourth-order valence-corrected chi connectivity index (χ4v) is 2.83. The number of halogens is 1. The van der Waals surface area contributed by atoms with Crippen molar-refractivity contribution in [2.75, 3.05) is 7.05 Å². The van der Waals surface area contributed by atoms with Gasteiger partial charge < -0.3 is 5.32 Å². The number of nitrogens with one attached hydrogen (secondary N) is 2. The van der Waals surface area contributed by atoms with Crippen molar-refractivity contribution in [3.8, 4) is 0 Å². The molecule has 0 atom stereocenters. The lowest BCUT2D eigenvalue weighted by molar-refractivity contribution is -0.121. The van der Waals surface area contributed by atoms with Crippen LogP contribution in [-0.4, -0.2) is 21.4 Å². The van der Waals surface area contributed by atoms with Crippen LogP contribution in [0.1, 0.15) is 17.5 Å². The summed E-state index contributed by atoms with van der Waals surface area (Å²) >= 11 is 0. The van der Waals surface area contributed by atoms with Crippen LogP contribution >= 0.6 is 0 Å². The third kappa shape index (κ3) is 5.14. The maximum Gasteiger partial charge on any atom is 0.240 e. The predicted octanol–water partition coefficient (Wildman–Crippen LogP) is 1.98. The van der Waals surface area contributed by atoms with Gasteiger partial charge in [0, 0.05) is 13.0 Å². The molecule has 0 saturated carbocycles. The van der Waals surface area contributed by atoms with Crippen LogP contribution in [0.25, 0.3) is 0 Å². The van der Waals surface area contributed by atoms with Gasteiger partial charge in [0.15, 0.2) is 0 Å². The lowest BCUT2D eigenvalue weighted by atomic mass is 10.1. The van der Waals surface area contributed by atoms with Crippen LogP contribution in [0.5, 0.6) is 0 Å². The molecule has 0 spiro atoms. The molecule has 24 heavy (non-hydrogen) atoms. The summed E-state index contributed by atoms with van der Waals surface area (Å²) in [5.41, 5.74) is 1.70. The quantitative estimate of drug-likeness (QED) is 0.802. The zero-order chi connectivity index (χ0) is 17.6. The van der Waals surface area contributed by atoms with E-state index in [-0.39, 0.29) is 16.6 Å². The molecule has 2 N–H and O–H groups in total. The second-order valence-corrected chi connectivity index (χ2v) is 7.14. The molecule has 0 heterocycles. The van der Waals surface area contributed by atoms with Crippen LogP contribution in [-0.2, 0) is 27.8 Å². The molecule has 7 heteroatoms. The van der Waals surface area contributed by atoms with Crippen molar-refractivity contribution in [3.05, 3.63) is 65.5 Å². The third-order valence-electron chi connectivity index (χ3n) is 3.55. The van der Waals surface area contributed by atoms with Crippen molar-refractivity contribution in [1.82, 2.24) is 10.0 Å². The summed E-state index contributed by atoms with van der Waals surface area (Å²) in [5.74, 6) is -0.431. The monoisotopic (exact) mass is 350 g/mol. The standard InChI is InChI=1S/C17H19FN2O3S/c1-19-24(22,23)16-9-4-13(5-10-16)6-11-17(21)20-12-14-2-7-15(18)8-3-14/h2-5,7-10,19H,6,11-12H2,1H3,(H,20,21). The number of sulfonamides is 1. The topological polar surface area (TPSA) is 75.3 Å². The minimum Gasteiger partial charge on any atom is -0.352 e. The first kappa shape index (κ1) is 18.1. The van der Waals surface area contributed by atoms with Gasteiger partial charge in [0.25, 0.3) is 0 Å². The molecule has 1 amide bonds. The van der Waals surface area contributed by atoms with Crippen molar-refractivity contribution in [2.45, 2.75) is 24.3 Å². The number of benzene rings is 2. The van der Waals surface area contributed by atoms with Gasteiger partial charge in [0.1, 0.15) is 5.82 Å². The minimum absolute atomic E-state index is 0.119. The molecule has 0 aliphatic rings. The normalized spacial score (nSPS) is 11.2. The summed E-state index contributed by atoms with van der Waals surface area (Å²) in [4.78, 5) is 12.0. The molecule has 0 saturated heterocycles. The average Bonchev–Trinajstić information content (AvgIpc) is 2.60. The van der Waals surface area contributed by atoms with Gasteiger partial charge in [-0.1, -0.05) is 24.3 Å². The molecule has 5 nitrogen and oxygen atoms in total. The second-order valence-electron chi connectivity index (χ2n) is 5.25. The van der Waals surface area contributed by atoms with E-state index in [9.17, 15) is 17.6 Å². The predicted molar refractivity (Wildman–Crippen MR) is 89.3 cm³/mol. The Labute approximate surface area is 141 Å². The lowest BCUT2D eigenvalue weighted by Crippen LogP contribution is -2.23. The molecule has 2 aromatic carbocycles. The summed E-state index contributed by atoms with van der Waals surface area (Å²) in [6.45, 7) is 0.346. The number of carbonyl (C=O) groups is 1. The van der Waals surface area contributed by atoms with Crippen molar-refractivity contribution in [1.29, 1.82) is 0 Å². The molecule has 0 aliphatic heterocycles. The van der Waals surface area contributed by atoms with Gasteiger partial charge in [0.05, 0.1) is 4.90 Å². The van der Waals surface area contributed by atoms with E-state index in [2.05, 4.69) is 10.0 Å². The SMILES string of the molecule is CNS(=O)(=O)c1ccc(CCC(=O)NCc2ccc(F)cc2)cc1. The number of carbonyl (C=O) groups excluding carboxylic acids is 1. The highest BCUT2D eigenvalue weighted by Gasteiger charge is 2.10. The lowest BCUT2D eigenvalue weighted by Gasteiger charge is -2.07. The molecular formula is C17H19FN2O3S. The third-order valence-corrected chi connectivity index (χ3v) is 4.98. The first-order valence-electron chi connectivity index (χ1n) is 7.44. The molecule has 2 aromatic rings. The summed E-state index contributed by atoms with van der Waals surface area (Å²) in [5, 5.41) is 2.77. The molecular weight excluding hydrogens is 331 g/mol. The van der Waals surface area contributed by atoms with E-state index in [0.29, 0.717) is 19.4 Å². The molecule has 128 valence electrons. The molecule has 0 radical (unpaired) electrons. The van der Waals surface area contributed by atoms with Gasteiger partial charge in [-0.3, -0.25) is 4.79 Å². The van der Waals surface area contributed by atoms with Gasteiger partial charge in [-0.2, -0.15) is 0 Å². The van der Waals surface area contributed by atoms with Crippen LogP contribution in [0.2, 0.25) is 0 Å². The van der Waals surface area contributed by atoms with E-state index in [1.54, 1.807) is 24.3 Å². The van der Waals surface area contributed by atoms with Gasteiger partial charge >= 0.3 is 0 Å². The zero-order valence-corrected chi connectivity index (χ0v) is 14.1. The molecule has 0 aliphatic carbocycles. The van der Waals surface area contributed by atoms with Crippen LogP contribution in [0.4, 0.5) is 4.39 Å². The summed E-state index contributed by atoms with van der Waals surface area (Å²) < 4.78 is 38.3. The number of aryl methyl sites for hydroxylation is 1. The zero-order valence-electron chi connectivity index (χ0n) is 13.3. The van der Waals surface area contributed by atoms with Crippen LogP contribution in [0, 0.1) is 5.82 Å². The second kappa shape index (κ2) is 8.03. The maximum atomic E-state index is 12.8. The fourth-order valence-electron chi connectivity index (χ4n) is 2.10. The van der Waals surface area contributed by atoms with Crippen molar-refractivity contribution in [2.24, 2.45) is 0 Å². The molecule has 2 rings (SSSR count). The van der Waals surface area contributed by atoms with Crippen LogP contribution < -0.4 is 10.0 Å². The molecule has 0 unspecified atom stereocenters. The Morgan fingerprint density at radius 2 is 1.58 bits per heavy atom. The number of amides is 1. The highest BCUT2D eigenvalue weighted by atomic mass is 32.2. The van der Waals surface area contributed by atoms with E-state index < -0.39 is 10.0 Å². The van der Waals surface area contributed by atoms with Crippen molar-refractivity contribution < 1.29 is 17.6 Å². The van der Waals surface area contributed by atoms with Crippen molar-refractivity contribution >= 4 is 15.9 Å². The van der Waals surface area contributed by atoms with Crippen LogP contribution in [0.15, 0.2) is 53.4 Å².